The maximum absolute atomic E-state index is 13.3. The molecular formula is C19H21N3O2. The molecule has 2 heterocycles. The predicted molar refractivity (Wildman–Crippen MR) is 90.6 cm³/mol. The standard InChI is InChI=1S/C19H21N3O2/c1-13-12-16(23)21-17(20-13)15-8-5-11-22(15)18(24)19(9-10-19)14-6-3-2-4-7-14/h2-4,6-7,12,15H,5,8-11H2,1H3,(H,20,21,23). The summed E-state index contributed by atoms with van der Waals surface area (Å²) in [5.41, 5.74) is 1.28. The number of rotatable bonds is 3. The molecule has 5 heteroatoms. The maximum Gasteiger partial charge on any atom is 0.251 e. The van der Waals surface area contributed by atoms with Crippen LogP contribution in [0.5, 0.6) is 0 Å². The Balaban J connectivity index is 1.66. The second-order valence-electron chi connectivity index (χ2n) is 6.88. The van der Waals surface area contributed by atoms with Crippen LogP contribution in [-0.4, -0.2) is 27.3 Å². The molecule has 1 saturated heterocycles. The van der Waals surface area contributed by atoms with Gasteiger partial charge in [0.1, 0.15) is 5.82 Å². The van der Waals surface area contributed by atoms with Gasteiger partial charge in [-0.15, -0.1) is 0 Å². The summed E-state index contributed by atoms with van der Waals surface area (Å²) in [7, 11) is 0. The fraction of sp³-hybridized carbons (Fsp3) is 0.421. The van der Waals surface area contributed by atoms with Gasteiger partial charge in [0, 0.05) is 18.3 Å². The summed E-state index contributed by atoms with van der Waals surface area (Å²) >= 11 is 0. The number of H-pyrrole nitrogens is 1. The third kappa shape index (κ3) is 2.44. The van der Waals surface area contributed by atoms with Crippen LogP contribution in [0.2, 0.25) is 0 Å². The van der Waals surface area contributed by atoms with Crippen LogP contribution in [0.4, 0.5) is 0 Å². The van der Waals surface area contributed by atoms with Crippen molar-refractivity contribution < 1.29 is 4.79 Å². The van der Waals surface area contributed by atoms with Crippen molar-refractivity contribution >= 4 is 5.91 Å². The zero-order chi connectivity index (χ0) is 16.7. The number of carbonyl (C=O) groups is 1. The van der Waals surface area contributed by atoms with E-state index in [9.17, 15) is 9.59 Å². The minimum absolute atomic E-state index is 0.119. The third-order valence-corrected chi connectivity index (χ3v) is 5.20. The molecule has 24 heavy (non-hydrogen) atoms. The van der Waals surface area contributed by atoms with Crippen molar-refractivity contribution in [3.8, 4) is 0 Å². The van der Waals surface area contributed by atoms with Gasteiger partial charge in [-0.3, -0.25) is 9.59 Å². The number of hydrogen-bond acceptors (Lipinski definition) is 3. The van der Waals surface area contributed by atoms with Crippen LogP contribution >= 0.6 is 0 Å². The molecule has 0 spiro atoms. The number of carbonyl (C=O) groups excluding carboxylic acids is 1. The van der Waals surface area contributed by atoms with E-state index in [0.29, 0.717) is 11.5 Å². The van der Waals surface area contributed by atoms with E-state index < -0.39 is 0 Å². The Labute approximate surface area is 140 Å². The Morgan fingerprint density at radius 1 is 1.29 bits per heavy atom. The second-order valence-corrected chi connectivity index (χ2v) is 6.88. The highest BCUT2D eigenvalue weighted by Crippen LogP contribution is 2.51. The molecule has 4 rings (SSSR count). The number of amides is 1. The third-order valence-electron chi connectivity index (χ3n) is 5.20. The quantitative estimate of drug-likeness (QED) is 0.943. The summed E-state index contributed by atoms with van der Waals surface area (Å²) in [6.45, 7) is 2.54. The molecule has 0 bridgehead atoms. The average Bonchev–Trinajstić information content (AvgIpc) is 3.24. The van der Waals surface area contributed by atoms with Gasteiger partial charge >= 0.3 is 0 Å². The molecule has 124 valence electrons. The fourth-order valence-electron chi connectivity index (χ4n) is 3.84. The van der Waals surface area contributed by atoms with E-state index >= 15 is 0 Å². The SMILES string of the molecule is Cc1cc(=O)[nH]c(C2CCCN2C(=O)C2(c3ccccc3)CC2)n1. The van der Waals surface area contributed by atoms with E-state index in [2.05, 4.69) is 9.97 Å². The summed E-state index contributed by atoms with van der Waals surface area (Å²) in [5.74, 6) is 0.801. The van der Waals surface area contributed by atoms with Crippen LogP contribution < -0.4 is 5.56 Å². The molecule has 1 aliphatic carbocycles. The summed E-state index contributed by atoms with van der Waals surface area (Å²) in [4.78, 5) is 34.3. The number of likely N-dealkylation sites (tertiary alicyclic amines) is 1. The molecule has 1 amide bonds. The fourth-order valence-corrected chi connectivity index (χ4v) is 3.84. The van der Waals surface area contributed by atoms with E-state index in [4.69, 9.17) is 0 Å². The van der Waals surface area contributed by atoms with Crippen LogP contribution in [0, 0.1) is 6.92 Å². The summed E-state index contributed by atoms with van der Waals surface area (Å²) in [6, 6.07) is 11.4. The lowest BCUT2D eigenvalue weighted by Crippen LogP contribution is -2.39. The highest BCUT2D eigenvalue weighted by Gasteiger charge is 2.54. The number of hydrogen-bond donors (Lipinski definition) is 1. The van der Waals surface area contributed by atoms with Crippen molar-refractivity contribution in [2.24, 2.45) is 0 Å². The zero-order valence-electron chi connectivity index (χ0n) is 13.8. The van der Waals surface area contributed by atoms with Crippen LogP contribution in [0.25, 0.3) is 0 Å². The Morgan fingerprint density at radius 2 is 2.04 bits per heavy atom. The van der Waals surface area contributed by atoms with Crippen LogP contribution in [-0.2, 0) is 10.2 Å². The summed E-state index contributed by atoms with van der Waals surface area (Å²) < 4.78 is 0. The van der Waals surface area contributed by atoms with Gasteiger partial charge in [-0.2, -0.15) is 0 Å². The molecule has 1 aliphatic heterocycles. The molecule has 1 aromatic carbocycles. The van der Waals surface area contributed by atoms with Gasteiger partial charge in [0.05, 0.1) is 11.5 Å². The highest BCUT2D eigenvalue weighted by atomic mass is 16.2. The summed E-state index contributed by atoms with van der Waals surface area (Å²) in [6.07, 6.45) is 3.59. The van der Waals surface area contributed by atoms with Crippen molar-refractivity contribution in [3.05, 3.63) is 63.8 Å². The number of aromatic nitrogens is 2. The van der Waals surface area contributed by atoms with Crippen molar-refractivity contribution in [1.29, 1.82) is 0 Å². The number of aryl methyl sites for hydroxylation is 1. The molecule has 5 nitrogen and oxygen atoms in total. The van der Waals surface area contributed by atoms with Crippen molar-refractivity contribution in [2.75, 3.05) is 6.54 Å². The predicted octanol–water partition coefficient (Wildman–Crippen LogP) is 2.47. The molecule has 2 aromatic rings. The van der Waals surface area contributed by atoms with Gasteiger partial charge in [-0.25, -0.2) is 4.98 Å². The number of aromatic amines is 1. The largest absolute Gasteiger partial charge is 0.332 e. The number of nitrogens with one attached hydrogen (secondary N) is 1. The first-order chi connectivity index (χ1) is 11.6. The lowest BCUT2D eigenvalue weighted by atomic mass is 9.94. The molecule has 1 atom stereocenters. The molecule has 1 unspecified atom stereocenters. The average molecular weight is 323 g/mol. The molecular weight excluding hydrogens is 302 g/mol. The van der Waals surface area contributed by atoms with Gasteiger partial charge in [-0.1, -0.05) is 30.3 Å². The Kier molecular flexibility index (Phi) is 3.52. The van der Waals surface area contributed by atoms with E-state index in [1.165, 1.54) is 6.07 Å². The first kappa shape index (κ1) is 15.1. The van der Waals surface area contributed by atoms with Gasteiger partial charge in [0.15, 0.2) is 0 Å². The zero-order valence-corrected chi connectivity index (χ0v) is 13.8. The first-order valence-corrected chi connectivity index (χ1v) is 8.55. The lowest BCUT2D eigenvalue weighted by Gasteiger charge is -2.28. The highest BCUT2D eigenvalue weighted by molar-refractivity contribution is 5.91. The molecule has 2 fully saturated rings. The van der Waals surface area contributed by atoms with Gasteiger partial charge in [-0.05, 0) is 38.2 Å². The minimum atomic E-state index is -0.367. The first-order valence-electron chi connectivity index (χ1n) is 8.55. The van der Waals surface area contributed by atoms with Gasteiger partial charge in [0.2, 0.25) is 5.91 Å². The van der Waals surface area contributed by atoms with Crippen LogP contribution in [0.15, 0.2) is 41.2 Å². The van der Waals surface area contributed by atoms with Crippen molar-refractivity contribution in [2.45, 2.75) is 44.1 Å². The smallest absolute Gasteiger partial charge is 0.251 e. The topological polar surface area (TPSA) is 66.1 Å². The maximum atomic E-state index is 13.3. The van der Waals surface area contributed by atoms with E-state index in [1.807, 2.05) is 42.2 Å². The molecule has 0 radical (unpaired) electrons. The molecule has 2 aliphatic rings. The molecule has 1 aromatic heterocycles. The lowest BCUT2D eigenvalue weighted by molar-refractivity contribution is -0.135. The second kappa shape index (κ2) is 5.58. The number of benzene rings is 1. The van der Waals surface area contributed by atoms with Gasteiger partial charge in [0.25, 0.3) is 5.56 Å². The molecule has 1 saturated carbocycles. The van der Waals surface area contributed by atoms with Crippen molar-refractivity contribution in [3.63, 3.8) is 0 Å². The summed E-state index contributed by atoms with van der Waals surface area (Å²) in [5, 5.41) is 0. The number of nitrogens with zero attached hydrogens (tertiary/aromatic N) is 2. The monoisotopic (exact) mass is 323 g/mol. The molecule has 1 N–H and O–H groups in total. The Hall–Kier alpha value is -2.43. The van der Waals surface area contributed by atoms with Gasteiger partial charge < -0.3 is 9.88 Å². The normalized spacial score (nSPS) is 21.7. The van der Waals surface area contributed by atoms with E-state index in [-0.39, 0.29) is 22.9 Å². The van der Waals surface area contributed by atoms with E-state index in [0.717, 1.165) is 37.8 Å². The Morgan fingerprint density at radius 3 is 2.71 bits per heavy atom. The van der Waals surface area contributed by atoms with Crippen molar-refractivity contribution in [1.82, 2.24) is 14.9 Å². The van der Waals surface area contributed by atoms with E-state index in [1.54, 1.807) is 0 Å². The van der Waals surface area contributed by atoms with Crippen LogP contribution in [0.3, 0.4) is 0 Å². The van der Waals surface area contributed by atoms with Crippen LogP contribution in [0.1, 0.15) is 48.8 Å². The minimum Gasteiger partial charge on any atom is -0.332 e. The Bertz CT molecular complexity index is 824.